The summed E-state index contributed by atoms with van der Waals surface area (Å²) in [7, 11) is 0. The summed E-state index contributed by atoms with van der Waals surface area (Å²) < 4.78 is 12.4. The quantitative estimate of drug-likeness (QED) is 0.830. The molecule has 0 saturated carbocycles. The lowest BCUT2D eigenvalue weighted by atomic mass is 10.2. The smallest absolute Gasteiger partial charge is 0.340 e. The molecule has 0 aromatic carbocycles. The van der Waals surface area contributed by atoms with E-state index in [0.29, 0.717) is 12.1 Å². The zero-order chi connectivity index (χ0) is 17.0. The van der Waals surface area contributed by atoms with Crippen molar-refractivity contribution in [2.45, 2.75) is 40.3 Å². The largest absolute Gasteiger partial charge is 0.467 e. The van der Waals surface area contributed by atoms with Crippen LogP contribution >= 0.6 is 0 Å². The first-order valence-corrected chi connectivity index (χ1v) is 7.54. The number of furan rings is 1. The summed E-state index contributed by atoms with van der Waals surface area (Å²) in [5.74, 6) is 0.00322. The van der Waals surface area contributed by atoms with Gasteiger partial charge >= 0.3 is 5.97 Å². The summed E-state index contributed by atoms with van der Waals surface area (Å²) in [4.78, 5) is 23.7. The molecule has 124 valence electrons. The molecule has 0 aliphatic rings. The normalized spacial score (nSPS) is 10.8. The summed E-state index contributed by atoms with van der Waals surface area (Å²) in [5.41, 5.74) is 2.18. The van der Waals surface area contributed by atoms with Gasteiger partial charge in [0.2, 0.25) is 0 Å². The van der Waals surface area contributed by atoms with E-state index in [2.05, 4.69) is 5.32 Å². The molecular formula is C17H22N2O4. The lowest BCUT2D eigenvalue weighted by molar-refractivity contribution is -0.124. The number of aryl methyl sites for hydroxylation is 1. The number of esters is 1. The summed E-state index contributed by atoms with van der Waals surface area (Å²) >= 11 is 0. The fourth-order valence-corrected chi connectivity index (χ4v) is 2.38. The third-order valence-electron chi connectivity index (χ3n) is 3.47. The number of hydrogen-bond donors (Lipinski definition) is 1. The highest BCUT2D eigenvalue weighted by atomic mass is 16.5. The minimum atomic E-state index is -0.497. The van der Waals surface area contributed by atoms with E-state index in [1.807, 2.05) is 44.4 Å². The molecule has 0 spiro atoms. The molecule has 0 saturated heterocycles. The Morgan fingerprint density at radius 1 is 1.35 bits per heavy atom. The number of amides is 1. The van der Waals surface area contributed by atoms with Crippen LogP contribution < -0.4 is 5.32 Å². The van der Waals surface area contributed by atoms with Gasteiger partial charge in [-0.1, -0.05) is 0 Å². The van der Waals surface area contributed by atoms with Gasteiger partial charge in [-0.15, -0.1) is 0 Å². The highest BCUT2D eigenvalue weighted by molar-refractivity contribution is 5.92. The van der Waals surface area contributed by atoms with Crippen LogP contribution in [0.1, 0.15) is 41.4 Å². The second kappa shape index (κ2) is 7.17. The Labute approximate surface area is 135 Å². The van der Waals surface area contributed by atoms with Crippen molar-refractivity contribution in [3.05, 3.63) is 47.2 Å². The molecule has 6 heteroatoms. The van der Waals surface area contributed by atoms with Gasteiger partial charge in [0.25, 0.3) is 5.91 Å². The first kappa shape index (κ1) is 16.9. The molecule has 0 unspecified atom stereocenters. The number of hydrogen-bond acceptors (Lipinski definition) is 4. The van der Waals surface area contributed by atoms with Gasteiger partial charge in [-0.05, 0) is 45.9 Å². The van der Waals surface area contributed by atoms with Gasteiger partial charge in [0.1, 0.15) is 5.76 Å². The molecule has 2 aromatic heterocycles. The maximum atomic E-state index is 12.2. The van der Waals surface area contributed by atoms with Gasteiger partial charge in [-0.25, -0.2) is 4.79 Å². The number of nitrogens with zero attached hydrogens (tertiary/aromatic N) is 1. The summed E-state index contributed by atoms with van der Waals surface area (Å²) in [6.07, 6.45) is 1.62. The van der Waals surface area contributed by atoms with Gasteiger partial charge < -0.3 is 19.0 Å². The van der Waals surface area contributed by atoms with Gasteiger partial charge in [0, 0.05) is 17.4 Å². The monoisotopic (exact) mass is 318 g/mol. The van der Waals surface area contributed by atoms with Crippen LogP contribution in [-0.2, 0) is 16.1 Å². The van der Waals surface area contributed by atoms with E-state index in [0.717, 1.165) is 17.1 Å². The molecule has 0 atom stereocenters. The molecule has 23 heavy (non-hydrogen) atoms. The molecule has 1 N–H and O–H groups in total. The van der Waals surface area contributed by atoms with Gasteiger partial charge in [-0.3, -0.25) is 4.79 Å². The number of carbonyl (C=O) groups is 2. The Morgan fingerprint density at radius 3 is 2.70 bits per heavy atom. The molecule has 0 radical (unpaired) electrons. The molecule has 2 rings (SSSR count). The molecule has 2 heterocycles. The van der Waals surface area contributed by atoms with Crippen molar-refractivity contribution in [3.8, 4) is 0 Å². The molecule has 0 fully saturated rings. The number of ether oxygens (including phenoxy) is 1. The van der Waals surface area contributed by atoms with Crippen LogP contribution in [0.5, 0.6) is 0 Å². The van der Waals surface area contributed by atoms with Gasteiger partial charge in [0.05, 0.1) is 18.4 Å². The average Bonchev–Trinajstić information content (AvgIpc) is 3.08. The van der Waals surface area contributed by atoms with Crippen molar-refractivity contribution in [1.29, 1.82) is 0 Å². The fraction of sp³-hybridized carbons (Fsp3) is 0.412. The topological polar surface area (TPSA) is 73.5 Å². The zero-order valence-corrected chi connectivity index (χ0v) is 13.9. The second-order valence-electron chi connectivity index (χ2n) is 5.75. The number of rotatable bonds is 6. The van der Waals surface area contributed by atoms with E-state index in [1.54, 1.807) is 12.3 Å². The maximum absolute atomic E-state index is 12.2. The molecule has 6 nitrogen and oxygen atoms in total. The van der Waals surface area contributed by atoms with E-state index in [-0.39, 0.29) is 18.6 Å². The van der Waals surface area contributed by atoms with Crippen LogP contribution in [0, 0.1) is 13.8 Å². The lowest BCUT2D eigenvalue weighted by Gasteiger charge is -2.09. The van der Waals surface area contributed by atoms with Crippen molar-refractivity contribution in [2.75, 3.05) is 6.61 Å². The second-order valence-corrected chi connectivity index (χ2v) is 5.75. The van der Waals surface area contributed by atoms with Gasteiger partial charge in [-0.2, -0.15) is 0 Å². The molecule has 0 aliphatic carbocycles. The third kappa shape index (κ3) is 4.25. The first-order chi connectivity index (χ1) is 10.9. The van der Waals surface area contributed by atoms with E-state index in [1.165, 1.54) is 0 Å². The highest BCUT2D eigenvalue weighted by Gasteiger charge is 2.18. The number of aromatic nitrogens is 1. The van der Waals surface area contributed by atoms with Crippen LogP contribution in [-0.4, -0.2) is 29.1 Å². The number of nitrogens with one attached hydrogen (secondary N) is 1. The zero-order valence-electron chi connectivity index (χ0n) is 13.9. The number of carbonyl (C=O) groups excluding carboxylic acids is 2. The van der Waals surface area contributed by atoms with E-state index < -0.39 is 5.97 Å². The molecule has 0 bridgehead atoms. The summed E-state index contributed by atoms with van der Waals surface area (Å²) in [5, 5.41) is 2.68. The Bertz CT molecular complexity index is 684. The van der Waals surface area contributed by atoms with E-state index >= 15 is 0 Å². The Hall–Kier alpha value is -2.50. The summed E-state index contributed by atoms with van der Waals surface area (Å²) in [6.45, 7) is 7.73. The van der Waals surface area contributed by atoms with Crippen molar-refractivity contribution in [2.24, 2.45) is 0 Å². The molecule has 0 aliphatic heterocycles. The maximum Gasteiger partial charge on any atom is 0.340 e. The molecule has 2 aromatic rings. The predicted octanol–water partition coefficient (Wildman–Crippen LogP) is 2.43. The standard InChI is InChI=1S/C17H22N2O4/c1-11(2)18-16(20)10-23-17(21)15-8-12(3)19(13(15)4)9-14-6-5-7-22-14/h5-8,11H,9-10H2,1-4H3,(H,18,20). The summed E-state index contributed by atoms with van der Waals surface area (Å²) in [6, 6.07) is 5.49. The SMILES string of the molecule is Cc1cc(C(=O)OCC(=O)NC(C)C)c(C)n1Cc1ccco1. The fourth-order valence-electron chi connectivity index (χ4n) is 2.38. The minimum Gasteiger partial charge on any atom is -0.467 e. The predicted molar refractivity (Wildman–Crippen MR) is 85.3 cm³/mol. The van der Waals surface area contributed by atoms with E-state index in [4.69, 9.17) is 9.15 Å². The van der Waals surface area contributed by atoms with Crippen LogP contribution in [0.4, 0.5) is 0 Å². The Balaban J connectivity index is 2.05. The van der Waals surface area contributed by atoms with Crippen LogP contribution in [0.2, 0.25) is 0 Å². The lowest BCUT2D eigenvalue weighted by Crippen LogP contribution is -2.34. The molecule has 1 amide bonds. The highest BCUT2D eigenvalue weighted by Crippen LogP contribution is 2.18. The third-order valence-corrected chi connectivity index (χ3v) is 3.47. The van der Waals surface area contributed by atoms with Crippen molar-refractivity contribution in [1.82, 2.24) is 9.88 Å². The minimum absolute atomic E-state index is 0.0135. The Kier molecular flexibility index (Phi) is 5.26. The van der Waals surface area contributed by atoms with Crippen LogP contribution in [0.25, 0.3) is 0 Å². The van der Waals surface area contributed by atoms with Crippen LogP contribution in [0.15, 0.2) is 28.9 Å². The first-order valence-electron chi connectivity index (χ1n) is 7.54. The van der Waals surface area contributed by atoms with Crippen molar-refractivity contribution < 1.29 is 18.7 Å². The molecular weight excluding hydrogens is 296 g/mol. The van der Waals surface area contributed by atoms with Crippen molar-refractivity contribution >= 4 is 11.9 Å². The van der Waals surface area contributed by atoms with Crippen molar-refractivity contribution in [3.63, 3.8) is 0 Å². The van der Waals surface area contributed by atoms with E-state index in [9.17, 15) is 9.59 Å². The van der Waals surface area contributed by atoms with Gasteiger partial charge in [0.15, 0.2) is 6.61 Å². The Morgan fingerprint density at radius 2 is 2.09 bits per heavy atom. The van der Waals surface area contributed by atoms with Crippen LogP contribution in [0.3, 0.4) is 0 Å². The average molecular weight is 318 g/mol.